The second-order valence-electron chi connectivity index (χ2n) is 6.94. The molecule has 1 unspecified atom stereocenters. The fraction of sp³-hybridized carbons (Fsp3) is 0.667. The molecule has 1 aromatic carbocycles. The zero-order chi connectivity index (χ0) is 14.7. The molecule has 1 aliphatic heterocycles. The minimum absolute atomic E-state index is 0.0341. The number of nitrogens with zero attached hydrogens (tertiary/aromatic N) is 1. The number of likely N-dealkylation sites (tertiary alicyclic amines) is 1. The summed E-state index contributed by atoms with van der Waals surface area (Å²) in [7, 11) is 1.84. The Morgan fingerprint density at radius 1 is 1.24 bits per heavy atom. The molecule has 3 nitrogen and oxygen atoms in total. The summed E-state index contributed by atoms with van der Waals surface area (Å²) < 4.78 is 5.68. The molecular formula is C18H28N2O. The molecule has 0 spiro atoms. The van der Waals surface area contributed by atoms with Crippen LogP contribution in [-0.2, 0) is 17.8 Å². The molecule has 116 valence electrons. The van der Waals surface area contributed by atoms with Gasteiger partial charge in [0, 0.05) is 32.8 Å². The van der Waals surface area contributed by atoms with E-state index in [-0.39, 0.29) is 5.60 Å². The van der Waals surface area contributed by atoms with Crippen LogP contribution < -0.4 is 5.32 Å². The Morgan fingerprint density at radius 2 is 1.95 bits per heavy atom. The molecule has 21 heavy (non-hydrogen) atoms. The number of piperidine rings is 1. The van der Waals surface area contributed by atoms with E-state index in [4.69, 9.17) is 4.74 Å². The number of hydrogen-bond acceptors (Lipinski definition) is 3. The third-order valence-electron chi connectivity index (χ3n) is 4.83. The smallest absolute Gasteiger partial charge is 0.0777 e. The van der Waals surface area contributed by atoms with Gasteiger partial charge in [0.2, 0.25) is 0 Å². The predicted molar refractivity (Wildman–Crippen MR) is 86.2 cm³/mol. The van der Waals surface area contributed by atoms with Crippen LogP contribution in [-0.4, -0.2) is 36.7 Å². The quantitative estimate of drug-likeness (QED) is 0.871. The molecular weight excluding hydrogens is 260 g/mol. The number of hydrogen-bond donors (Lipinski definition) is 1. The van der Waals surface area contributed by atoms with Gasteiger partial charge in [-0.15, -0.1) is 0 Å². The van der Waals surface area contributed by atoms with Crippen molar-refractivity contribution in [2.75, 3.05) is 20.2 Å². The van der Waals surface area contributed by atoms with Crippen LogP contribution in [0.2, 0.25) is 0 Å². The maximum absolute atomic E-state index is 5.68. The number of rotatable bonds is 6. The van der Waals surface area contributed by atoms with Gasteiger partial charge in [-0.2, -0.15) is 0 Å². The first kappa shape index (κ1) is 15.0. The lowest BCUT2D eigenvalue weighted by Crippen LogP contribution is -2.46. The summed E-state index contributed by atoms with van der Waals surface area (Å²) >= 11 is 0. The third-order valence-corrected chi connectivity index (χ3v) is 4.83. The highest BCUT2D eigenvalue weighted by molar-refractivity contribution is 5.22. The molecule has 0 aromatic heterocycles. The Kier molecular flexibility index (Phi) is 4.63. The normalized spacial score (nSPS) is 27.0. The minimum Gasteiger partial charge on any atom is -0.377 e. The fourth-order valence-electron chi connectivity index (χ4n) is 3.18. The first-order valence-corrected chi connectivity index (χ1v) is 8.26. The van der Waals surface area contributed by atoms with Gasteiger partial charge in [-0.05, 0) is 50.3 Å². The summed E-state index contributed by atoms with van der Waals surface area (Å²) in [6, 6.07) is 9.88. The fourth-order valence-corrected chi connectivity index (χ4v) is 3.18. The van der Waals surface area contributed by atoms with Crippen LogP contribution in [0.1, 0.15) is 43.7 Å². The molecule has 1 aromatic rings. The van der Waals surface area contributed by atoms with Crippen molar-refractivity contribution in [3.8, 4) is 0 Å². The molecule has 1 heterocycles. The lowest BCUT2D eigenvalue weighted by molar-refractivity contribution is -0.0527. The molecule has 3 rings (SSSR count). The van der Waals surface area contributed by atoms with Crippen molar-refractivity contribution in [2.45, 2.75) is 57.3 Å². The van der Waals surface area contributed by atoms with Gasteiger partial charge in [0.05, 0.1) is 5.60 Å². The summed E-state index contributed by atoms with van der Waals surface area (Å²) in [5.74, 6) is 0. The van der Waals surface area contributed by atoms with Gasteiger partial charge in [0.25, 0.3) is 0 Å². The number of methoxy groups -OCH3 is 1. The Hall–Kier alpha value is -0.900. The Bertz CT molecular complexity index is 455. The second kappa shape index (κ2) is 6.47. The van der Waals surface area contributed by atoms with Crippen molar-refractivity contribution in [1.82, 2.24) is 10.2 Å². The monoisotopic (exact) mass is 288 g/mol. The summed E-state index contributed by atoms with van der Waals surface area (Å²) in [4.78, 5) is 2.52. The van der Waals surface area contributed by atoms with E-state index in [9.17, 15) is 0 Å². The molecule has 0 radical (unpaired) electrons. The Balaban J connectivity index is 1.52. The van der Waals surface area contributed by atoms with E-state index < -0.39 is 0 Å². The highest BCUT2D eigenvalue weighted by Gasteiger charge is 2.30. The first-order valence-electron chi connectivity index (χ1n) is 8.26. The average Bonchev–Trinajstić information content (AvgIpc) is 3.31. The van der Waals surface area contributed by atoms with E-state index in [2.05, 4.69) is 41.4 Å². The van der Waals surface area contributed by atoms with Crippen molar-refractivity contribution >= 4 is 0 Å². The molecule has 1 aliphatic carbocycles. The van der Waals surface area contributed by atoms with Gasteiger partial charge in [0.15, 0.2) is 0 Å². The van der Waals surface area contributed by atoms with E-state index in [0.29, 0.717) is 0 Å². The van der Waals surface area contributed by atoms with Crippen molar-refractivity contribution in [2.24, 2.45) is 0 Å². The predicted octanol–water partition coefficient (Wildman–Crippen LogP) is 2.94. The van der Waals surface area contributed by atoms with Gasteiger partial charge < -0.3 is 10.1 Å². The van der Waals surface area contributed by atoms with Crippen molar-refractivity contribution < 1.29 is 4.74 Å². The minimum atomic E-state index is 0.0341. The maximum Gasteiger partial charge on any atom is 0.0777 e. The molecule has 1 saturated carbocycles. The SMILES string of the molecule is COC1(C)CCCN(Cc2ccc(CNC3CC3)cc2)C1. The zero-order valence-corrected chi connectivity index (χ0v) is 13.4. The van der Waals surface area contributed by atoms with E-state index in [0.717, 1.165) is 25.7 Å². The van der Waals surface area contributed by atoms with Crippen LogP contribution in [0.5, 0.6) is 0 Å². The van der Waals surface area contributed by atoms with Crippen molar-refractivity contribution in [3.05, 3.63) is 35.4 Å². The van der Waals surface area contributed by atoms with E-state index >= 15 is 0 Å². The van der Waals surface area contributed by atoms with E-state index in [1.165, 1.54) is 43.4 Å². The van der Waals surface area contributed by atoms with Crippen LogP contribution in [0.25, 0.3) is 0 Å². The largest absolute Gasteiger partial charge is 0.377 e. The molecule has 1 N–H and O–H groups in total. The summed E-state index contributed by atoms with van der Waals surface area (Å²) in [6.45, 7) is 6.50. The van der Waals surface area contributed by atoms with Crippen LogP contribution in [0.15, 0.2) is 24.3 Å². The van der Waals surface area contributed by atoms with Gasteiger partial charge in [-0.3, -0.25) is 4.90 Å². The highest BCUT2D eigenvalue weighted by Crippen LogP contribution is 2.25. The lowest BCUT2D eigenvalue weighted by atomic mass is 9.94. The molecule has 1 atom stereocenters. The zero-order valence-electron chi connectivity index (χ0n) is 13.4. The topological polar surface area (TPSA) is 24.5 Å². The summed E-state index contributed by atoms with van der Waals surface area (Å²) in [5, 5.41) is 3.57. The number of nitrogens with one attached hydrogen (secondary N) is 1. The van der Waals surface area contributed by atoms with E-state index in [1.54, 1.807) is 0 Å². The van der Waals surface area contributed by atoms with Gasteiger partial charge in [-0.25, -0.2) is 0 Å². The Morgan fingerprint density at radius 3 is 2.62 bits per heavy atom. The standard InChI is InChI=1S/C18H28N2O/c1-18(21-2)10-3-11-20(14-18)13-16-6-4-15(5-7-16)12-19-17-8-9-17/h4-7,17,19H,3,8-14H2,1-2H3. The highest BCUT2D eigenvalue weighted by atomic mass is 16.5. The van der Waals surface area contributed by atoms with E-state index in [1.807, 2.05) is 7.11 Å². The van der Waals surface area contributed by atoms with Crippen molar-refractivity contribution in [3.63, 3.8) is 0 Å². The van der Waals surface area contributed by atoms with Crippen LogP contribution in [0.4, 0.5) is 0 Å². The van der Waals surface area contributed by atoms with Gasteiger partial charge >= 0.3 is 0 Å². The maximum atomic E-state index is 5.68. The number of benzene rings is 1. The molecule has 0 bridgehead atoms. The molecule has 3 heteroatoms. The summed E-state index contributed by atoms with van der Waals surface area (Å²) in [5.41, 5.74) is 2.84. The number of ether oxygens (including phenoxy) is 1. The van der Waals surface area contributed by atoms with Gasteiger partial charge in [0.1, 0.15) is 0 Å². The molecule has 2 aliphatic rings. The lowest BCUT2D eigenvalue weighted by Gasteiger charge is -2.39. The first-order chi connectivity index (χ1) is 10.2. The Labute approximate surface area is 128 Å². The van der Waals surface area contributed by atoms with Crippen LogP contribution in [0, 0.1) is 0 Å². The molecule has 2 fully saturated rings. The molecule has 1 saturated heterocycles. The van der Waals surface area contributed by atoms with Crippen molar-refractivity contribution in [1.29, 1.82) is 0 Å². The third kappa shape index (κ3) is 4.29. The van der Waals surface area contributed by atoms with Gasteiger partial charge in [-0.1, -0.05) is 24.3 Å². The second-order valence-corrected chi connectivity index (χ2v) is 6.94. The summed E-state index contributed by atoms with van der Waals surface area (Å²) in [6.07, 6.45) is 5.11. The van der Waals surface area contributed by atoms with Crippen LogP contribution in [0.3, 0.4) is 0 Å². The molecule has 0 amide bonds. The average molecular weight is 288 g/mol. The van der Waals surface area contributed by atoms with Crippen LogP contribution >= 0.6 is 0 Å².